The SMILES string of the molecule is COc1ccc(-c2noc(CN3CCc4sccc4[C@@H]3c3cccs3)n2)cc1. The number of fused-ring (bicyclic) bond motifs is 1. The smallest absolute Gasteiger partial charge is 0.241 e. The van der Waals surface area contributed by atoms with Gasteiger partial charge in [-0.15, -0.1) is 22.7 Å². The zero-order chi connectivity index (χ0) is 18.9. The van der Waals surface area contributed by atoms with Crippen molar-refractivity contribution in [2.75, 3.05) is 13.7 Å². The standard InChI is InChI=1S/C21H19N3O2S2/c1-25-15-6-4-14(5-7-15)21-22-19(26-23-21)13-24-10-8-17-16(9-12-28-17)20(24)18-3-2-11-27-18/h2-7,9,11-12,20H,8,10,13H2,1H3/t20-/m1/s1. The molecule has 1 aliphatic rings. The second-order valence-corrected chi connectivity index (χ2v) is 8.66. The molecule has 0 radical (unpaired) electrons. The summed E-state index contributed by atoms with van der Waals surface area (Å²) in [5, 5.41) is 8.52. The van der Waals surface area contributed by atoms with E-state index in [1.165, 1.54) is 15.3 Å². The maximum absolute atomic E-state index is 5.59. The molecule has 0 aliphatic carbocycles. The van der Waals surface area contributed by atoms with Crippen LogP contribution in [0.15, 0.2) is 57.7 Å². The molecular weight excluding hydrogens is 390 g/mol. The predicted molar refractivity (Wildman–Crippen MR) is 111 cm³/mol. The first-order valence-electron chi connectivity index (χ1n) is 9.12. The Bertz CT molecular complexity index is 1050. The van der Waals surface area contributed by atoms with E-state index in [0.717, 1.165) is 24.3 Å². The first-order chi connectivity index (χ1) is 13.8. The average Bonchev–Trinajstić information content (AvgIpc) is 3.49. The Kier molecular flexibility index (Phi) is 4.72. The van der Waals surface area contributed by atoms with Gasteiger partial charge in [0.15, 0.2) is 0 Å². The van der Waals surface area contributed by atoms with Crippen LogP contribution in [-0.4, -0.2) is 28.7 Å². The third-order valence-corrected chi connectivity index (χ3v) is 6.95. The van der Waals surface area contributed by atoms with Crippen molar-refractivity contribution in [2.45, 2.75) is 19.0 Å². The summed E-state index contributed by atoms with van der Waals surface area (Å²) in [5.74, 6) is 2.07. The number of thiophene rings is 2. The van der Waals surface area contributed by atoms with Crippen LogP contribution in [0.3, 0.4) is 0 Å². The molecule has 5 nitrogen and oxygen atoms in total. The lowest BCUT2D eigenvalue weighted by Gasteiger charge is -2.34. The highest BCUT2D eigenvalue weighted by Crippen LogP contribution is 2.40. The van der Waals surface area contributed by atoms with Crippen LogP contribution in [0.1, 0.15) is 27.3 Å². The van der Waals surface area contributed by atoms with Crippen LogP contribution in [0.5, 0.6) is 5.75 Å². The summed E-state index contributed by atoms with van der Waals surface area (Å²) < 4.78 is 10.8. The van der Waals surface area contributed by atoms with Crippen LogP contribution in [0, 0.1) is 0 Å². The van der Waals surface area contributed by atoms with E-state index in [9.17, 15) is 0 Å². The average molecular weight is 410 g/mol. The van der Waals surface area contributed by atoms with Gasteiger partial charge >= 0.3 is 0 Å². The molecule has 4 heterocycles. The number of aromatic nitrogens is 2. The maximum atomic E-state index is 5.59. The fourth-order valence-electron chi connectivity index (χ4n) is 3.67. The van der Waals surface area contributed by atoms with Gasteiger partial charge in [-0.1, -0.05) is 11.2 Å². The third-order valence-electron chi connectivity index (χ3n) is 5.03. The molecule has 28 heavy (non-hydrogen) atoms. The van der Waals surface area contributed by atoms with Crippen LogP contribution < -0.4 is 4.74 Å². The minimum absolute atomic E-state index is 0.256. The molecule has 0 saturated carbocycles. The molecule has 5 rings (SSSR count). The monoisotopic (exact) mass is 409 g/mol. The molecule has 1 aromatic carbocycles. The van der Waals surface area contributed by atoms with Crippen molar-refractivity contribution in [3.05, 3.63) is 74.4 Å². The summed E-state index contributed by atoms with van der Waals surface area (Å²) in [6.45, 7) is 1.62. The summed E-state index contributed by atoms with van der Waals surface area (Å²) in [7, 11) is 1.66. The maximum Gasteiger partial charge on any atom is 0.241 e. The minimum Gasteiger partial charge on any atom is -0.497 e. The fraction of sp³-hybridized carbons (Fsp3) is 0.238. The molecule has 3 aromatic heterocycles. The summed E-state index contributed by atoms with van der Waals surface area (Å²) >= 11 is 3.66. The van der Waals surface area contributed by atoms with Crippen molar-refractivity contribution in [2.24, 2.45) is 0 Å². The Hall–Kier alpha value is -2.48. The zero-order valence-corrected chi connectivity index (χ0v) is 17.0. The largest absolute Gasteiger partial charge is 0.497 e. The van der Waals surface area contributed by atoms with Gasteiger partial charge in [-0.05, 0) is 59.1 Å². The Labute approximate surface area is 171 Å². The van der Waals surface area contributed by atoms with Crippen LogP contribution in [0.4, 0.5) is 0 Å². The molecule has 0 spiro atoms. The van der Waals surface area contributed by atoms with Gasteiger partial charge in [-0.25, -0.2) is 0 Å². The molecule has 142 valence electrons. The first kappa shape index (κ1) is 17.6. The lowest BCUT2D eigenvalue weighted by molar-refractivity contribution is 0.181. The second-order valence-electron chi connectivity index (χ2n) is 6.68. The minimum atomic E-state index is 0.256. The molecule has 1 atom stereocenters. The lowest BCUT2D eigenvalue weighted by Crippen LogP contribution is -2.34. The van der Waals surface area contributed by atoms with Gasteiger partial charge in [-0.2, -0.15) is 4.98 Å². The number of ether oxygens (including phenoxy) is 1. The number of hydrogen-bond acceptors (Lipinski definition) is 7. The highest BCUT2D eigenvalue weighted by Gasteiger charge is 2.31. The van der Waals surface area contributed by atoms with Gasteiger partial charge in [0.05, 0.1) is 19.7 Å². The van der Waals surface area contributed by atoms with Gasteiger partial charge in [0.2, 0.25) is 11.7 Å². The molecule has 1 aliphatic heterocycles. The van der Waals surface area contributed by atoms with Crippen molar-refractivity contribution in [1.29, 1.82) is 0 Å². The van der Waals surface area contributed by atoms with E-state index >= 15 is 0 Å². The quantitative estimate of drug-likeness (QED) is 0.463. The molecule has 4 aromatic rings. The van der Waals surface area contributed by atoms with Crippen molar-refractivity contribution < 1.29 is 9.26 Å². The Morgan fingerprint density at radius 2 is 2.04 bits per heavy atom. The number of hydrogen-bond donors (Lipinski definition) is 0. The van der Waals surface area contributed by atoms with Crippen LogP contribution in [0.2, 0.25) is 0 Å². The number of rotatable bonds is 5. The number of benzene rings is 1. The van der Waals surface area contributed by atoms with Crippen molar-refractivity contribution in [3.63, 3.8) is 0 Å². The Balaban J connectivity index is 1.40. The molecule has 7 heteroatoms. The number of methoxy groups -OCH3 is 1. The Morgan fingerprint density at radius 3 is 2.82 bits per heavy atom. The zero-order valence-electron chi connectivity index (χ0n) is 15.4. The van der Waals surface area contributed by atoms with Crippen LogP contribution >= 0.6 is 22.7 Å². The first-order valence-corrected chi connectivity index (χ1v) is 10.9. The van der Waals surface area contributed by atoms with Gasteiger partial charge in [0.25, 0.3) is 0 Å². The Morgan fingerprint density at radius 1 is 1.14 bits per heavy atom. The third kappa shape index (κ3) is 3.26. The topological polar surface area (TPSA) is 51.4 Å². The van der Waals surface area contributed by atoms with Gasteiger partial charge in [0, 0.05) is 21.9 Å². The summed E-state index contributed by atoms with van der Waals surface area (Å²) in [5.41, 5.74) is 2.33. The van der Waals surface area contributed by atoms with Gasteiger partial charge in [-0.3, -0.25) is 4.90 Å². The molecule has 0 unspecified atom stereocenters. The highest BCUT2D eigenvalue weighted by molar-refractivity contribution is 7.10. The fourth-order valence-corrected chi connectivity index (χ4v) is 5.45. The molecule has 0 N–H and O–H groups in total. The summed E-state index contributed by atoms with van der Waals surface area (Å²) in [6, 6.07) is 14.5. The molecule has 0 fully saturated rings. The molecule has 0 amide bonds. The van der Waals surface area contributed by atoms with E-state index < -0.39 is 0 Å². The van der Waals surface area contributed by atoms with Gasteiger partial charge < -0.3 is 9.26 Å². The van der Waals surface area contributed by atoms with E-state index in [-0.39, 0.29) is 6.04 Å². The van der Waals surface area contributed by atoms with Crippen molar-refractivity contribution >= 4 is 22.7 Å². The lowest BCUT2D eigenvalue weighted by atomic mass is 9.98. The second kappa shape index (κ2) is 7.50. The summed E-state index contributed by atoms with van der Waals surface area (Å²) in [6.07, 6.45) is 1.06. The van der Waals surface area contributed by atoms with E-state index in [1.807, 2.05) is 35.6 Å². The number of nitrogens with zero attached hydrogens (tertiary/aromatic N) is 3. The van der Waals surface area contributed by atoms with Gasteiger partial charge in [0.1, 0.15) is 5.75 Å². The van der Waals surface area contributed by atoms with E-state index in [4.69, 9.17) is 9.26 Å². The molecular formula is C21H19N3O2S2. The highest BCUT2D eigenvalue weighted by atomic mass is 32.1. The normalized spacial score (nSPS) is 16.8. The van der Waals surface area contributed by atoms with E-state index in [1.54, 1.807) is 18.4 Å². The molecule has 0 bridgehead atoms. The van der Waals surface area contributed by atoms with Crippen molar-refractivity contribution in [1.82, 2.24) is 15.0 Å². The molecule has 0 saturated heterocycles. The van der Waals surface area contributed by atoms with E-state index in [0.29, 0.717) is 18.3 Å². The summed E-state index contributed by atoms with van der Waals surface area (Å²) in [4.78, 5) is 9.91. The van der Waals surface area contributed by atoms with Crippen molar-refractivity contribution in [3.8, 4) is 17.1 Å². The van der Waals surface area contributed by atoms with E-state index in [2.05, 4.69) is 44.0 Å². The predicted octanol–water partition coefficient (Wildman–Crippen LogP) is 5.02. The van der Waals surface area contributed by atoms with Crippen LogP contribution in [0.25, 0.3) is 11.4 Å². The van der Waals surface area contributed by atoms with Crippen LogP contribution in [-0.2, 0) is 13.0 Å².